The first-order valence-corrected chi connectivity index (χ1v) is 13.0. The highest BCUT2D eigenvalue weighted by Crippen LogP contribution is 2.49. The number of hydrogen-bond donors (Lipinski definition) is 0. The zero-order chi connectivity index (χ0) is 20.9. The van der Waals surface area contributed by atoms with Crippen LogP contribution in [0.3, 0.4) is 0 Å². The summed E-state index contributed by atoms with van der Waals surface area (Å²) in [4.78, 5) is 0. The van der Waals surface area contributed by atoms with Crippen LogP contribution in [0.5, 0.6) is 5.75 Å². The maximum Gasteiger partial charge on any atom is 0.130 e. The molecule has 1 aromatic rings. The van der Waals surface area contributed by atoms with E-state index in [2.05, 4.69) is 13.0 Å². The van der Waals surface area contributed by atoms with Gasteiger partial charge in [0.1, 0.15) is 11.6 Å². The van der Waals surface area contributed by atoms with Crippen LogP contribution in [0.15, 0.2) is 12.1 Å². The Labute approximate surface area is 184 Å². The van der Waals surface area contributed by atoms with E-state index in [1.807, 2.05) is 0 Å². The highest BCUT2D eigenvalue weighted by molar-refractivity contribution is 5.38. The van der Waals surface area contributed by atoms with Crippen LogP contribution in [0.25, 0.3) is 0 Å². The van der Waals surface area contributed by atoms with Crippen molar-refractivity contribution in [3.63, 3.8) is 0 Å². The van der Waals surface area contributed by atoms with E-state index in [0.29, 0.717) is 11.7 Å². The molecule has 5 unspecified atom stereocenters. The molecule has 0 aromatic heterocycles. The number of unbranched alkanes of at least 4 members (excludes halogenated alkanes) is 4. The summed E-state index contributed by atoms with van der Waals surface area (Å²) in [5, 5.41) is 0. The molecule has 0 amide bonds. The van der Waals surface area contributed by atoms with Gasteiger partial charge in [-0.25, -0.2) is 4.39 Å². The van der Waals surface area contributed by atoms with Gasteiger partial charge in [0.25, 0.3) is 0 Å². The molecular formula is C28H43FO. The van der Waals surface area contributed by atoms with Crippen molar-refractivity contribution in [2.45, 2.75) is 103 Å². The van der Waals surface area contributed by atoms with Crippen LogP contribution in [-0.4, -0.2) is 7.11 Å². The molecule has 0 saturated heterocycles. The summed E-state index contributed by atoms with van der Waals surface area (Å²) in [6.07, 6.45) is 20.5. The van der Waals surface area contributed by atoms with Gasteiger partial charge in [-0.2, -0.15) is 0 Å². The molecule has 0 spiro atoms. The van der Waals surface area contributed by atoms with Crippen LogP contribution < -0.4 is 4.74 Å². The topological polar surface area (TPSA) is 9.23 Å². The fraction of sp³-hybridized carbons (Fsp3) is 0.786. The molecule has 2 heteroatoms. The van der Waals surface area contributed by atoms with E-state index in [-0.39, 0.29) is 5.82 Å². The lowest BCUT2D eigenvalue weighted by atomic mass is 9.61. The lowest BCUT2D eigenvalue weighted by molar-refractivity contribution is 0.0687. The van der Waals surface area contributed by atoms with E-state index in [0.717, 1.165) is 42.1 Å². The predicted octanol–water partition coefficient (Wildman–Crippen LogP) is 8.13. The molecule has 0 heterocycles. The molecule has 2 saturated carbocycles. The number of halogens is 1. The molecule has 0 N–H and O–H groups in total. The third-order valence-electron chi connectivity index (χ3n) is 8.89. The first-order valence-electron chi connectivity index (χ1n) is 13.0. The monoisotopic (exact) mass is 414 g/mol. The summed E-state index contributed by atoms with van der Waals surface area (Å²) in [6, 6.07) is 3.65. The lowest BCUT2D eigenvalue weighted by Gasteiger charge is -2.45. The van der Waals surface area contributed by atoms with Gasteiger partial charge in [0, 0.05) is 6.07 Å². The fourth-order valence-corrected chi connectivity index (χ4v) is 7.09. The van der Waals surface area contributed by atoms with Crippen molar-refractivity contribution in [2.75, 3.05) is 7.11 Å². The van der Waals surface area contributed by atoms with Crippen LogP contribution in [0, 0.1) is 35.4 Å². The minimum atomic E-state index is -0.0396. The van der Waals surface area contributed by atoms with Gasteiger partial charge in [-0.1, -0.05) is 51.9 Å². The van der Waals surface area contributed by atoms with Crippen molar-refractivity contribution in [3.8, 4) is 5.75 Å². The van der Waals surface area contributed by atoms with Crippen molar-refractivity contribution >= 4 is 0 Å². The number of rotatable bonds is 8. The molecule has 30 heavy (non-hydrogen) atoms. The number of benzene rings is 1. The Balaban J connectivity index is 1.27. The second-order valence-electron chi connectivity index (χ2n) is 10.7. The average molecular weight is 415 g/mol. The lowest BCUT2D eigenvalue weighted by Crippen LogP contribution is -2.35. The molecule has 3 aliphatic carbocycles. The van der Waals surface area contributed by atoms with Gasteiger partial charge in [0.05, 0.1) is 7.11 Å². The number of ether oxygens (including phenoxy) is 1. The van der Waals surface area contributed by atoms with E-state index in [1.165, 1.54) is 89.0 Å². The van der Waals surface area contributed by atoms with E-state index in [1.54, 1.807) is 13.2 Å². The summed E-state index contributed by atoms with van der Waals surface area (Å²) in [7, 11) is 1.63. The Bertz CT molecular complexity index is 683. The molecule has 3 aliphatic rings. The molecule has 0 aliphatic heterocycles. The van der Waals surface area contributed by atoms with Crippen LogP contribution >= 0.6 is 0 Å². The molecule has 168 valence electrons. The number of hydrogen-bond acceptors (Lipinski definition) is 1. The van der Waals surface area contributed by atoms with Gasteiger partial charge in [0.2, 0.25) is 0 Å². The Morgan fingerprint density at radius 2 is 1.60 bits per heavy atom. The molecule has 4 rings (SSSR count). The molecule has 1 aromatic carbocycles. The number of methoxy groups -OCH3 is 1. The zero-order valence-electron chi connectivity index (χ0n) is 19.4. The van der Waals surface area contributed by atoms with Gasteiger partial charge in [-0.3, -0.25) is 0 Å². The third-order valence-corrected chi connectivity index (χ3v) is 8.89. The van der Waals surface area contributed by atoms with Crippen LogP contribution in [-0.2, 0) is 12.8 Å². The first kappa shape index (κ1) is 22.2. The maximum atomic E-state index is 14.7. The fourth-order valence-electron chi connectivity index (χ4n) is 7.09. The number of fused-ring (bicyclic) bond motifs is 2. The summed E-state index contributed by atoms with van der Waals surface area (Å²) < 4.78 is 19.9. The quantitative estimate of drug-likeness (QED) is 0.390. The summed E-state index contributed by atoms with van der Waals surface area (Å²) in [6.45, 7) is 2.30. The smallest absolute Gasteiger partial charge is 0.130 e. The van der Waals surface area contributed by atoms with E-state index >= 15 is 0 Å². The van der Waals surface area contributed by atoms with Crippen molar-refractivity contribution in [2.24, 2.45) is 29.6 Å². The Kier molecular flexibility index (Phi) is 7.76. The van der Waals surface area contributed by atoms with Gasteiger partial charge in [-0.15, -0.1) is 0 Å². The minimum Gasteiger partial charge on any atom is -0.497 e. The van der Waals surface area contributed by atoms with Crippen molar-refractivity contribution in [3.05, 3.63) is 29.1 Å². The highest BCUT2D eigenvalue weighted by Gasteiger charge is 2.38. The molecule has 1 nitrogen and oxygen atoms in total. The summed E-state index contributed by atoms with van der Waals surface area (Å²) in [5.41, 5.74) is 2.18. The summed E-state index contributed by atoms with van der Waals surface area (Å²) in [5.74, 6) is 5.11. The Hall–Kier alpha value is -1.05. The predicted molar refractivity (Wildman–Crippen MR) is 124 cm³/mol. The van der Waals surface area contributed by atoms with Gasteiger partial charge < -0.3 is 4.74 Å². The highest BCUT2D eigenvalue weighted by atomic mass is 19.1. The Morgan fingerprint density at radius 1 is 0.867 bits per heavy atom. The van der Waals surface area contributed by atoms with Crippen molar-refractivity contribution in [1.82, 2.24) is 0 Å². The first-order chi connectivity index (χ1) is 14.7. The van der Waals surface area contributed by atoms with Gasteiger partial charge >= 0.3 is 0 Å². The van der Waals surface area contributed by atoms with Crippen LogP contribution in [0.1, 0.15) is 102 Å². The second-order valence-corrected chi connectivity index (χ2v) is 10.7. The van der Waals surface area contributed by atoms with Crippen LogP contribution in [0.2, 0.25) is 0 Å². The molecule has 5 atom stereocenters. The van der Waals surface area contributed by atoms with Crippen LogP contribution in [0.4, 0.5) is 4.39 Å². The van der Waals surface area contributed by atoms with Crippen molar-refractivity contribution in [1.29, 1.82) is 0 Å². The van der Waals surface area contributed by atoms with E-state index in [4.69, 9.17) is 4.74 Å². The van der Waals surface area contributed by atoms with E-state index < -0.39 is 0 Å². The maximum absolute atomic E-state index is 14.7. The third kappa shape index (κ3) is 5.22. The Morgan fingerprint density at radius 3 is 2.40 bits per heavy atom. The number of aryl methyl sites for hydroxylation is 1. The molecule has 0 radical (unpaired) electrons. The zero-order valence-corrected chi connectivity index (χ0v) is 19.4. The molecular weight excluding hydrogens is 371 g/mol. The minimum absolute atomic E-state index is 0.0396. The van der Waals surface area contributed by atoms with Crippen molar-refractivity contribution < 1.29 is 9.13 Å². The van der Waals surface area contributed by atoms with E-state index in [9.17, 15) is 4.39 Å². The second kappa shape index (κ2) is 10.5. The molecule has 2 fully saturated rings. The SMILES string of the molecule is CCCCCCCC1CCC2CC(C3CCc4cc(OC)cc(F)c4C3)CCC2C1. The normalized spacial score (nSPS) is 31.1. The standard InChI is InChI=1S/C28H43FO/c1-3-4-5-6-7-8-20-9-10-22-16-23(12-11-21(22)15-20)24-13-14-25-17-26(30-2)19-28(29)27(25)18-24/h17,19-24H,3-16,18H2,1-2H3. The summed E-state index contributed by atoms with van der Waals surface area (Å²) >= 11 is 0. The van der Waals surface area contributed by atoms with Gasteiger partial charge in [-0.05, 0) is 98.1 Å². The largest absolute Gasteiger partial charge is 0.497 e. The van der Waals surface area contributed by atoms with Gasteiger partial charge in [0.15, 0.2) is 0 Å². The average Bonchev–Trinajstić information content (AvgIpc) is 2.78. The molecule has 0 bridgehead atoms.